The first-order valence-electron chi connectivity index (χ1n) is 3.70. The van der Waals surface area contributed by atoms with Gasteiger partial charge in [0, 0.05) is 12.8 Å². The van der Waals surface area contributed by atoms with E-state index in [9.17, 15) is 0 Å². The highest BCUT2D eigenvalue weighted by Gasteiger charge is 2.08. The van der Waals surface area contributed by atoms with Crippen LogP contribution in [0.1, 0.15) is 0 Å². The smallest absolute Gasteiger partial charge is 0.209 e. The minimum absolute atomic E-state index is 0.165. The van der Waals surface area contributed by atoms with Crippen molar-refractivity contribution in [2.45, 2.75) is 11.2 Å². The first kappa shape index (κ1) is 9.95. The summed E-state index contributed by atoms with van der Waals surface area (Å²) in [5, 5.41) is 23.2. The number of tetrazole rings is 1. The van der Waals surface area contributed by atoms with E-state index in [1.165, 1.54) is 11.8 Å². The molecule has 0 aliphatic carbocycles. The maximum absolute atomic E-state index is 8.64. The van der Waals surface area contributed by atoms with Crippen LogP contribution >= 0.6 is 11.8 Å². The second kappa shape index (κ2) is 4.79. The third-order valence-electron chi connectivity index (χ3n) is 1.46. The van der Waals surface area contributed by atoms with Gasteiger partial charge in [0.05, 0.1) is 6.07 Å². The van der Waals surface area contributed by atoms with Crippen molar-refractivity contribution in [2.24, 2.45) is 7.05 Å². The summed E-state index contributed by atoms with van der Waals surface area (Å²) < 4.78 is 1.58. The van der Waals surface area contributed by atoms with Crippen molar-refractivity contribution >= 4 is 11.8 Å². The summed E-state index contributed by atoms with van der Waals surface area (Å²) in [7, 11) is 3.52. The quantitative estimate of drug-likeness (QED) is 0.652. The molecule has 0 bridgehead atoms. The van der Waals surface area contributed by atoms with Crippen LogP contribution in [0, 0.1) is 11.3 Å². The summed E-state index contributed by atoms with van der Waals surface area (Å²) in [6, 6.07) is 1.96. The van der Waals surface area contributed by atoms with Crippen LogP contribution in [0.2, 0.25) is 0 Å². The topological polar surface area (TPSA) is 79.4 Å². The van der Waals surface area contributed by atoms with E-state index < -0.39 is 0 Å². The zero-order chi connectivity index (χ0) is 9.68. The fraction of sp³-hybridized carbons (Fsp3) is 0.667. The maximum atomic E-state index is 8.64. The van der Waals surface area contributed by atoms with Crippen molar-refractivity contribution < 1.29 is 0 Å². The Kier molecular flexibility index (Phi) is 3.67. The molecule has 1 N–H and O–H groups in total. The SMILES string of the molecule is CNC(C#N)CSc1nnnn1C. The Morgan fingerprint density at radius 1 is 1.77 bits per heavy atom. The molecule has 70 valence electrons. The van der Waals surface area contributed by atoms with E-state index in [4.69, 9.17) is 5.26 Å². The van der Waals surface area contributed by atoms with Gasteiger partial charge in [-0.3, -0.25) is 0 Å². The lowest BCUT2D eigenvalue weighted by atomic mass is 10.4. The lowest BCUT2D eigenvalue weighted by molar-refractivity contribution is 0.663. The number of thioether (sulfide) groups is 1. The first-order chi connectivity index (χ1) is 6.27. The molecule has 7 heteroatoms. The van der Waals surface area contributed by atoms with Gasteiger partial charge in [-0.1, -0.05) is 11.8 Å². The standard InChI is InChI=1S/C6H10N6S/c1-8-5(3-7)4-13-6-9-10-11-12(6)2/h5,8H,4H2,1-2H3. The van der Waals surface area contributed by atoms with Crippen LogP contribution in [-0.2, 0) is 7.05 Å². The largest absolute Gasteiger partial charge is 0.304 e. The normalized spacial score (nSPS) is 12.4. The minimum Gasteiger partial charge on any atom is -0.304 e. The molecule has 0 fully saturated rings. The number of hydrogen-bond donors (Lipinski definition) is 1. The van der Waals surface area contributed by atoms with Gasteiger partial charge in [-0.2, -0.15) is 5.26 Å². The Labute approximate surface area is 80.3 Å². The fourth-order valence-corrected chi connectivity index (χ4v) is 1.56. The lowest BCUT2D eigenvalue weighted by Crippen LogP contribution is -2.25. The molecule has 0 radical (unpaired) electrons. The van der Waals surface area contributed by atoms with Crippen molar-refractivity contribution in [1.82, 2.24) is 25.5 Å². The van der Waals surface area contributed by atoms with E-state index in [-0.39, 0.29) is 6.04 Å². The monoisotopic (exact) mass is 198 g/mol. The minimum atomic E-state index is -0.165. The molecule has 13 heavy (non-hydrogen) atoms. The van der Waals surface area contributed by atoms with Gasteiger partial charge in [-0.15, -0.1) is 5.10 Å². The predicted molar refractivity (Wildman–Crippen MR) is 48.0 cm³/mol. The molecule has 1 aromatic rings. The van der Waals surface area contributed by atoms with Crippen molar-refractivity contribution in [1.29, 1.82) is 5.26 Å². The van der Waals surface area contributed by atoms with Crippen LogP contribution in [0.4, 0.5) is 0 Å². The summed E-state index contributed by atoms with van der Waals surface area (Å²) in [5.74, 6) is 0.640. The van der Waals surface area contributed by atoms with Gasteiger partial charge in [0.15, 0.2) is 0 Å². The fourth-order valence-electron chi connectivity index (χ4n) is 0.687. The summed E-state index contributed by atoms with van der Waals surface area (Å²) >= 11 is 1.45. The van der Waals surface area contributed by atoms with E-state index in [0.29, 0.717) is 5.75 Å². The van der Waals surface area contributed by atoms with Crippen LogP contribution in [-0.4, -0.2) is 39.0 Å². The second-order valence-electron chi connectivity index (χ2n) is 2.37. The van der Waals surface area contributed by atoms with Crippen LogP contribution in [0.25, 0.3) is 0 Å². The van der Waals surface area contributed by atoms with Gasteiger partial charge in [0.2, 0.25) is 5.16 Å². The molecule has 1 atom stereocenters. The Morgan fingerprint density at radius 2 is 2.54 bits per heavy atom. The highest BCUT2D eigenvalue weighted by molar-refractivity contribution is 7.99. The van der Waals surface area contributed by atoms with E-state index >= 15 is 0 Å². The molecule has 1 heterocycles. The zero-order valence-electron chi connectivity index (χ0n) is 7.43. The highest BCUT2D eigenvalue weighted by Crippen LogP contribution is 2.12. The first-order valence-corrected chi connectivity index (χ1v) is 4.68. The van der Waals surface area contributed by atoms with Gasteiger partial charge in [0.25, 0.3) is 0 Å². The van der Waals surface area contributed by atoms with E-state index in [1.807, 2.05) is 0 Å². The van der Waals surface area contributed by atoms with Gasteiger partial charge in [0.1, 0.15) is 6.04 Å². The van der Waals surface area contributed by atoms with E-state index in [2.05, 4.69) is 26.9 Å². The molecule has 0 aliphatic rings. The van der Waals surface area contributed by atoms with Crippen LogP contribution in [0.3, 0.4) is 0 Å². The number of rotatable bonds is 4. The van der Waals surface area contributed by atoms with Gasteiger partial charge in [-0.25, -0.2) is 4.68 Å². The Hall–Kier alpha value is -1.13. The van der Waals surface area contributed by atoms with Gasteiger partial charge < -0.3 is 5.32 Å². The molecule has 0 saturated carbocycles. The number of aromatic nitrogens is 4. The molecular weight excluding hydrogens is 188 g/mol. The molecule has 6 nitrogen and oxygen atoms in total. The van der Waals surface area contributed by atoms with Crippen LogP contribution in [0.5, 0.6) is 0 Å². The third kappa shape index (κ3) is 2.68. The summed E-state index contributed by atoms with van der Waals surface area (Å²) in [5.41, 5.74) is 0. The zero-order valence-corrected chi connectivity index (χ0v) is 8.25. The maximum Gasteiger partial charge on any atom is 0.209 e. The predicted octanol–water partition coefficient (Wildman–Crippen LogP) is -0.586. The van der Waals surface area contributed by atoms with Crippen LogP contribution in [0.15, 0.2) is 5.16 Å². The van der Waals surface area contributed by atoms with E-state index in [1.54, 1.807) is 18.8 Å². The number of nitrogens with one attached hydrogen (secondary N) is 1. The Morgan fingerprint density at radius 3 is 3.00 bits per heavy atom. The van der Waals surface area contributed by atoms with Gasteiger partial charge >= 0.3 is 0 Å². The molecule has 0 amide bonds. The van der Waals surface area contributed by atoms with Crippen LogP contribution < -0.4 is 5.32 Å². The molecule has 0 saturated heterocycles. The molecule has 1 rings (SSSR count). The summed E-state index contributed by atoms with van der Waals surface area (Å²) in [6.45, 7) is 0. The second-order valence-corrected chi connectivity index (χ2v) is 3.35. The Balaban J connectivity index is 2.44. The average Bonchev–Trinajstić information content (AvgIpc) is 2.54. The molecule has 0 aliphatic heterocycles. The van der Waals surface area contributed by atoms with Crippen molar-refractivity contribution in [3.05, 3.63) is 0 Å². The molecule has 0 aromatic carbocycles. The molecule has 1 aromatic heterocycles. The molecular formula is C6H10N6S. The highest BCUT2D eigenvalue weighted by atomic mass is 32.2. The van der Waals surface area contributed by atoms with Crippen molar-refractivity contribution in [3.8, 4) is 6.07 Å². The summed E-state index contributed by atoms with van der Waals surface area (Å²) in [6.07, 6.45) is 0. The molecule has 1 unspecified atom stereocenters. The van der Waals surface area contributed by atoms with Gasteiger partial charge in [-0.05, 0) is 17.5 Å². The third-order valence-corrected chi connectivity index (χ3v) is 2.57. The lowest BCUT2D eigenvalue weighted by Gasteiger charge is -2.04. The van der Waals surface area contributed by atoms with Crippen molar-refractivity contribution in [3.63, 3.8) is 0 Å². The number of aryl methyl sites for hydroxylation is 1. The number of hydrogen-bond acceptors (Lipinski definition) is 6. The number of nitrogens with zero attached hydrogens (tertiary/aromatic N) is 5. The Bertz CT molecular complexity index is 302. The average molecular weight is 198 g/mol. The van der Waals surface area contributed by atoms with E-state index in [0.717, 1.165) is 5.16 Å². The van der Waals surface area contributed by atoms with Crippen molar-refractivity contribution in [2.75, 3.05) is 12.8 Å². The number of nitriles is 1. The summed E-state index contributed by atoms with van der Waals surface area (Å²) in [4.78, 5) is 0. The molecule has 0 spiro atoms.